The highest BCUT2D eigenvalue weighted by Gasteiger charge is 2.15. The van der Waals surface area contributed by atoms with Crippen LogP contribution in [0.3, 0.4) is 0 Å². The minimum Gasteiger partial charge on any atom is -0.508 e. The number of rotatable bonds is 4. The summed E-state index contributed by atoms with van der Waals surface area (Å²) in [6, 6.07) is 14.6. The summed E-state index contributed by atoms with van der Waals surface area (Å²) in [6.07, 6.45) is 0. The van der Waals surface area contributed by atoms with Crippen molar-refractivity contribution in [3.63, 3.8) is 0 Å². The second kappa shape index (κ2) is 7.34. The fourth-order valence-electron chi connectivity index (χ4n) is 2.54. The summed E-state index contributed by atoms with van der Waals surface area (Å²) in [5.41, 5.74) is 1.59. The Morgan fingerprint density at radius 3 is 2.68 bits per heavy atom. The van der Waals surface area contributed by atoms with E-state index in [0.717, 1.165) is 5.56 Å². The number of hydrogen-bond donors (Lipinski definition) is 3. The van der Waals surface area contributed by atoms with Crippen molar-refractivity contribution in [3.05, 3.63) is 81.0 Å². The van der Waals surface area contributed by atoms with Gasteiger partial charge in [0.25, 0.3) is 11.5 Å². The van der Waals surface area contributed by atoms with Crippen molar-refractivity contribution < 1.29 is 9.90 Å². The highest BCUT2D eigenvalue weighted by molar-refractivity contribution is 7.12. The lowest BCUT2D eigenvalue weighted by Gasteiger charge is -2.05. The molecule has 3 N–H and O–H groups in total. The number of carbonyl (C=O) groups excluding carboxylic acids is 1. The second-order valence-corrected chi connectivity index (χ2v) is 7.08. The SMILES string of the molecule is O=C(Nc1ccccc1Cl)c1cc(=O)n(-c2nc(-c3ccc(O)cc3)cs2)[nH]1. The van der Waals surface area contributed by atoms with Gasteiger partial charge in [0.2, 0.25) is 5.13 Å². The molecule has 140 valence electrons. The van der Waals surface area contributed by atoms with E-state index in [1.165, 1.54) is 22.1 Å². The van der Waals surface area contributed by atoms with Crippen molar-refractivity contribution in [1.82, 2.24) is 14.8 Å². The monoisotopic (exact) mass is 412 g/mol. The van der Waals surface area contributed by atoms with Crippen LogP contribution in [0, 0.1) is 0 Å². The topological polar surface area (TPSA) is 100 Å². The Morgan fingerprint density at radius 1 is 1.18 bits per heavy atom. The molecule has 0 aliphatic heterocycles. The van der Waals surface area contributed by atoms with E-state index in [0.29, 0.717) is 21.5 Å². The molecule has 0 atom stereocenters. The Labute approximate surface area is 167 Å². The zero-order valence-corrected chi connectivity index (χ0v) is 15.8. The van der Waals surface area contributed by atoms with E-state index in [-0.39, 0.29) is 11.4 Å². The molecule has 2 aromatic heterocycles. The second-order valence-electron chi connectivity index (χ2n) is 5.84. The van der Waals surface area contributed by atoms with Gasteiger partial charge >= 0.3 is 0 Å². The van der Waals surface area contributed by atoms with Crippen molar-refractivity contribution in [3.8, 4) is 22.1 Å². The number of aromatic nitrogens is 3. The molecule has 0 saturated heterocycles. The highest BCUT2D eigenvalue weighted by atomic mass is 35.5. The van der Waals surface area contributed by atoms with E-state index in [4.69, 9.17) is 11.6 Å². The summed E-state index contributed by atoms with van der Waals surface area (Å²) in [5, 5.41) is 17.4. The average molecular weight is 413 g/mol. The van der Waals surface area contributed by atoms with Gasteiger partial charge in [0.05, 0.1) is 16.4 Å². The first-order valence-electron chi connectivity index (χ1n) is 8.14. The van der Waals surface area contributed by atoms with Crippen molar-refractivity contribution in [2.24, 2.45) is 0 Å². The number of halogens is 1. The van der Waals surface area contributed by atoms with Crippen LogP contribution in [0.4, 0.5) is 5.69 Å². The molecule has 0 aliphatic carbocycles. The molecule has 0 unspecified atom stereocenters. The molecule has 4 aromatic rings. The third-order valence-electron chi connectivity index (χ3n) is 3.93. The van der Waals surface area contributed by atoms with Gasteiger partial charge in [-0.2, -0.15) is 4.68 Å². The minimum absolute atomic E-state index is 0.0892. The first-order valence-corrected chi connectivity index (χ1v) is 9.40. The zero-order chi connectivity index (χ0) is 19.7. The number of amides is 1. The molecule has 0 radical (unpaired) electrons. The van der Waals surface area contributed by atoms with Gasteiger partial charge in [-0.25, -0.2) is 4.98 Å². The third kappa shape index (κ3) is 3.55. The van der Waals surface area contributed by atoms with E-state index < -0.39 is 11.5 Å². The van der Waals surface area contributed by atoms with Gasteiger partial charge in [0.1, 0.15) is 11.4 Å². The fraction of sp³-hybridized carbons (Fsp3) is 0. The van der Waals surface area contributed by atoms with Crippen LogP contribution >= 0.6 is 22.9 Å². The number of benzene rings is 2. The number of para-hydroxylation sites is 1. The van der Waals surface area contributed by atoms with Gasteiger partial charge < -0.3 is 10.4 Å². The fourth-order valence-corrected chi connectivity index (χ4v) is 3.52. The van der Waals surface area contributed by atoms with Gasteiger partial charge in [0.15, 0.2) is 0 Å². The largest absolute Gasteiger partial charge is 0.508 e. The Bertz CT molecular complexity index is 1210. The van der Waals surface area contributed by atoms with Gasteiger partial charge in [-0.1, -0.05) is 23.7 Å². The summed E-state index contributed by atoms with van der Waals surface area (Å²) < 4.78 is 1.20. The number of aromatic hydroxyl groups is 1. The maximum absolute atomic E-state index is 12.4. The molecule has 0 bridgehead atoms. The standard InChI is InChI=1S/C19H13ClN4O3S/c20-13-3-1-2-4-14(13)21-18(27)15-9-17(26)24(23-15)19-22-16(10-28-19)11-5-7-12(25)8-6-11/h1-10,23,25H,(H,21,27). The maximum atomic E-state index is 12.4. The zero-order valence-electron chi connectivity index (χ0n) is 14.2. The number of thiazole rings is 1. The molecule has 1 amide bonds. The summed E-state index contributed by atoms with van der Waals surface area (Å²) in [5.74, 6) is -0.326. The van der Waals surface area contributed by atoms with Crippen molar-refractivity contribution in [1.29, 1.82) is 0 Å². The number of phenols is 1. The van der Waals surface area contributed by atoms with E-state index in [2.05, 4.69) is 15.4 Å². The number of H-pyrrole nitrogens is 1. The lowest BCUT2D eigenvalue weighted by atomic mass is 10.2. The molecule has 2 aromatic carbocycles. The molecule has 7 nitrogen and oxygen atoms in total. The summed E-state index contributed by atoms with van der Waals surface area (Å²) >= 11 is 7.30. The van der Waals surface area contributed by atoms with Gasteiger partial charge in [0, 0.05) is 17.0 Å². The molecule has 4 rings (SSSR count). The lowest BCUT2D eigenvalue weighted by molar-refractivity contribution is 0.102. The van der Waals surface area contributed by atoms with Gasteiger partial charge in [-0.05, 0) is 36.4 Å². The summed E-state index contributed by atoms with van der Waals surface area (Å²) in [4.78, 5) is 29.2. The van der Waals surface area contributed by atoms with E-state index in [1.54, 1.807) is 53.9 Å². The normalized spacial score (nSPS) is 10.8. The Hall–Kier alpha value is -3.36. The molecule has 28 heavy (non-hydrogen) atoms. The van der Waals surface area contributed by atoms with Crippen molar-refractivity contribution >= 4 is 34.5 Å². The van der Waals surface area contributed by atoms with Crippen LogP contribution in [0.15, 0.2) is 64.8 Å². The highest BCUT2D eigenvalue weighted by Crippen LogP contribution is 2.25. The van der Waals surface area contributed by atoms with Crippen molar-refractivity contribution in [2.75, 3.05) is 5.32 Å². The van der Waals surface area contributed by atoms with Crippen molar-refractivity contribution in [2.45, 2.75) is 0 Å². The molecule has 0 aliphatic rings. The first-order chi connectivity index (χ1) is 13.5. The van der Waals surface area contributed by atoms with Crippen LogP contribution in [-0.4, -0.2) is 25.8 Å². The predicted molar refractivity (Wildman–Crippen MR) is 109 cm³/mol. The number of nitrogens with zero attached hydrogens (tertiary/aromatic N) is 2. The average Bonchev–Trinajstić information content (AvgIpc) is 3.31. The molecule has 2 heterocycles. The minimum atomic E-state index is -0.487. The quantitative estimate of drug-likeness (QED) is 0.473. The number of anilines is 1. The molecular formula is C19H13ClN4O3S. The van der Waals surface area contributed by atoms with Crippen LogP contribution < -0.4 is 10.9 Å². The van der Waals surface area contributed by atoms with Gasteiger partial charge in [-0.3, -0.25) is 14.7 Å². The maximum Gasteiger partial charge on any atom is 0.274 e. The lowest BCUT2D eigenvalue weighted by Crippen LogP contribution is -2.14. The van der Waals surface area contributed by atoms with Crippen LogP contribution in [0.2, 0.25) is 5.02 Å². The van der Waals surface area contributed by atoms with E-state index >= 15 is 0 Å². The van der Waals surface area contributed by atoms with Gasteiger partial charge in [-0.15, -0.1) is 11.3 Å². The Kier molecular flexibility index (Phi) is 4.72. The molecule has 0 saturated carbocycles. The van der Waals surface area contributed by atoms with Crippen LogP contribution in [0.1, 0.15) is 10.5 Å². The summed E-state index contributed by atoms with van der Waals surface area (Å²) in [7, 11) is 0. The number of hydrogen-bond acceptors (Lipinski definition) is 5. The molecule has 9 heteroatoms. The van der Waals surface area contributed by atoms with E-state index in [1.807, 2.05) is 0 Å². The Balaban J connectivity index is 1.60. The molecule has 0 spiro atoms. The molecular weight excluding hydrogens is 400 g/mol. The predicted octanol–water partition coefficient (Wildman–Crippen LogP) is 3.90. The van der Waals surface area contributed by atoms with E-state index in [9.17, 15) is 14.7 Å². The number of aromatic amines is 1. The third-order valence-corrected chi connectivity index (χ3v) is 5.09. The number of carbonyl (C=O) groups is 1. The van der Waals surface area contributed by atoms with Crippen LogP contribution in [0.5, 0.6) is 5.75 Å². The smallest absolute Gasteiger partial charge is 0.274 e. The number of nitrogens with one attached hydrogen (secondary N) is 2. The number of phenolic OH excluding ortho intramolecular Hbond substituents is 1. The van der Waals surface area contributed by atoms with Crippen LogP contribution in [0.25, 0.3) is 16.4 Å². The Morgan fingerprint density at radius 2 is 1.93 bits per heavy atom. The first kappa shape index (κ1) is 18.0. The summed E-state index contributed by atoms with van der Waals surface area (Å²) in [6.45, 7) is 0. The molecule has 0 fully saturated rings. The van der Waals surface area contributed by atoms with Crippen LogP contribution in [-0.2, 0) is 0 Å².